The van der Waals surface area contributed by atoms with Crippen molar-refractivity contribution >= 4 is 0 Å². The molecule has 0 fully saturated rings. The van der Waals surface area contributed by atoms with Gasteiger partial charge in [0.15, 0.2) is 0 Å². The first-order valence-corrected chi connectivity index (χ1v) is 7.61. The number of aromatic hydroxyl groups is 1. The monoisotopic (exact) mass is 248 g/mol. The lowest BCUT2D eigenvalue weighted by Gasteiger charge is -2.03. The predicted octanol–water partition coefficient (Wildman–Crippen LogP) is 5.47. The molecule has 18 heavy (non-hydrogen) atoms. The minimum Gasteiger partial charge on any atom is -0.508 e. The van der Waals surface area contributed by atoms with E-state index in [0.717, 1.165) is 6.42 Å². The summed E-state index contributed by atoms with van der Waals surface area (Å²) in [4.78, 5) is 0. The first-order valence-electron chi connectivity index (χ1n) is 7.61. The first-order chi connectivity index (χ1) is 8.83. The normalized spacial score (nSPS) is 10.7. The minimum atomic E-state index is 0.392. The molecule has 1 aromatic carbocycles. The second-order valence-electron chi connectivity index (χ2n) is 5.25. The van der Waals surface area contributed by atoms with Gasteiger partial charge in [0.25, 0.3) is 0 Å². The minimum absolute atomic E-state index is 0.392. The molecular weight excluding hydrogens is 220 g/mol. The van der Waals surface area contributed by atoms with E-state index in [4.69, 9.17) is 0 Å². The Balaban J connectivity index is 1.92. The summed E-state index contributed by atoms with van der Waals surface area (Å²) in [7, 11) is 0. The van der Waals surface area contributed by atoms with Crippen molar-refractivity contribution in [2.45, 2.75) is 71.1 Å². The highest BCUT2D eigenvalue weighted by Crippen LogP contribution is 2.15. The zero-order valence-corrected chi connectivity index (χ0v) is 11.8. The molecule has 1 aromatic rings. The second kappa shape index (κ2) is 9.99. The standard InChI is InChI=1S/C17H28O/c1-2-3-4-5-6-7-8-9-10-12-16-13-11-14-17(18)15-16/h11,13-15,18H,2-10,12H2,1H3. The van der Waals surface area contributed by atoms with Crippen molar-refractivity contribution in [3.05, 3.63) is 29.8 Å². The van der Waals surface area contributed by atoms with Crippen molar-refractivity contribution in [1.82, 2.24) is 0 Å². The Morgan fingerprint density at radius 2 is 1.44 bits per heavy atom. The van der Waals surface area contributed by atoms with E-state index in [1.807, 2.05) is 12.1 Å². The molecule has 0 aliphatic rings. The molecule has 0 saturated carbocycles. The van der Waals surface area contributed by atoms with Gasteiger partial charge in [-0.25, -0.2) is 0 Å². The van der Waals surface area contributed by atoms with Crippen LogP contribution in [0.4, 0.5) is 0 Å². The summed E-state index contributed by atoms with van der Waals surface area (Å²) in [6.07, 6.45) is 13.4. The van der Waals surface area contributed by atoms with Crippen LogP contribution in [-0.4, -0.2) is 5.11 Å². The van der Waals surface area contributed by atoms with Crippen molar-refractivity contribution < 1.29 is 5.11 Å². The zero-order valence-electron chi connectivity index (χ0n) is 11.8. The molecule has 0 aromatic heterocycles. The summed E-state index contributed by atoms with van der Waals surface area (Å²) in [6, 6.07) is 7.65. The maximum Gasteiger partial charge on any atom is 0.115 e. The number of hydrogen-bond acceptors (Lipinski definition) is 1. The van der Waals surface area contributed by atoms with E-state index < -0.39 is 0 Å². The van der Waals surface area contributed by atoms with E-state index in [9.17, 15) is 5.11 Å². The number of aryl methyl sites for hydroxylation is 1. The molecule has 0 bridgehead atoms. The third-order valence-electron chi connectivity index (χ3n) is 3.48. The highest BCUT2D eigenvalue weighted by molar-refractivity contribution is 5.27. The lowest BCUT2D eigenvalue weighted by Crippen LogP contribution is -1.86. The Bertz CT molecular complexity index is 306. The highest BCUT2D eigenvalue weighted by atomic mass is 16.3. The Kier molecular flexibility index (Phi) is 8.37. The summed E-state index contributed by atoms with van der Waals surface area (Å²) in [5.41, 5.74) is 1.26. The van der Waals surface area contributed by atoms with E-state index in [2.05, 4.69) is 13.0 Å². The Hall–Kier alpha value is -0.980. The van der Waals surface area contributed by atoms with E-state index in [1.54, 1.807) is 6.07 Å². The van der Waals surface area contributed by atoms with Crippen molar-refractivity contribution in [2.24, 2.45) is 0 Å². The van der Waals surface area contributed by atoms with Crippen molar-refractivity contribution in [3.63, 3.8) is 0 Å². The van der Waals surface area contributed by atoms with Gasteiger partial charge in [0.1, 0.15) is 5.75 Å². The van der Waals surface area contributed by atoms with Gasteiger partial charge >= 0.3 is 0 Å². The van der Waals surface area contributed by atoms with Crippen LogP contribution < -0.4 is 0 Å². The van der Waals surface area contributed by atoms with Crippen LogP contribution in [0.15, 0.2) is 24.3 Å². The van der Waals surface area contributed by atoms with Crippen LogP contribution >= 0.6 is 0 Å². The average molecular weight is 248 g/mol. The smallest absolute Gasteiger partial charge is 0.115 e. The Labute approximate surface area is 112 Å². The van der Waals surface area contributed by atoms with Gasteiger partial charge in [-0.15, -0.1) is 0 Å². The third-order valence-corrected chi connectivity index (χ3v) is 3.48. The third kappa shape index (κ3) is 7.37. The molecule has 0 spiro atoms. The molecule has 1 heteroatoms. The van der Waals surface area contributed by atoms with Crippen LogP contribution in [0.2, 0.25) is 0 Å². The maximum atomic E-state index is 9.36. The van der Waals surface area contributed by atoms with Crippen LogP contribution in [0.25, 0.3) is 0 Å². The average Bonchev–Trinajstić information content (AvgIpc) is 2.37. The molecule has 0 saturated heterocycles. The molecule has 0 aliphatic heterocycles. The predicted molar refractivity (Wildman–Crippen MR) is 79.0 cm³/mol. The van der Waals surface area contributed by atoms with Crippen LogP contribution in [0.3, 0.4) is 0 Å². The molecule has 102 valence electrons. The maximum absolute atomic E-state index is 9.36. The largest absolute Gasteiger partial charge is 0.508 e. The molecule has 0 amide bonds. The molecule has 0 radical (unpaired) electrons. The SMILES string of the molecule is CCCCCCCCCCCc1cccc(O)c1. The molecular formula is C17H28O. The topological polar surface area (TPSA) is 20.2 Å². The molecule has 1 rings (SSSR count). The van der Waals surface area contributed by atoms with E-state index in [0.29, 0.717) is 5.75 Å². The van der Waals surface area contributed by atoms with Crippen LogP contribution in [0.5, 0.6) is 5.75 Å². The number of phenolic OH excluding ortho intramolecular Hbond substituents is 1. The van der Waals surface area contributed by atoms with E-state index >= 15 is 0 Å². The number of unbranched alkanes of at least 4 members (excludes halogenated alkanes) is 8. The van der Waals surface area contributed by atoms with Crippen molar-refractivity contribution in [2.75, 3.05) is 0 Å². The number of hydrogen-bond donors (Lipinski definition) is 1. The number of rotatable bonds is 10. The van der Waals surface area contributed by atoms with Crippen LogP contribution in [0.1, 0.15) is 70.3 Å². The summed E-state index contributed by atoms with van der Waals surface area (Å²) < 4.78 is 0. The number of benzene rings is 1. The zero-order chi connectivity index (χ0) is 13.1. The van der Waals surface area contributed by atoms with Gasteiger partial charge in [-0.1, -0.05) is 70.4 Å². The number of phenols is 1. The fourth-order valence-electron chi connectivity index (χ4n) is 2.35. The van der Waals surface area contributed by atoms with Crippen molar-refractivity contribution in [3.8, 4) is 5.75 Å². The molecule has 0 atom stereocenters. The van der Waals surface area contributed by atoms with E-state index in [1.165, 1.54) is 63.4 Å². The van der Waals surface area contributed by atoms with Gasteiger partial charge < -0.3 is 5.11 Å². The van der Waals surface area contributed by atoms with Crippen LogP contribution in [-0.2, 0) is 6.42 Å². The lowest BCUT2D eigenvalue weighted by molar-refractivity contribution is 0.474. The Morgan fingerprint density at radius 3 is 2.06 bits per heavy atom. The van der Waals surface area contributed by atoms with Gasteiger partial charge in [-0.2, -0.15) is 0 Å². The molecule has 1 nitrogen and oxygen atoms in total. The van der Waals surface area contributed by atoms with Gasteiger partial charge in [-0.05, 0) is 30.5 Å². The molecule has 0 unspecified atom stereocenters. The van der Waals surface area contributed by atoms with Crippen molar-refractivity contribution in [1.29, 1.82) is 0 Å². The molecule has 0 aliphatic carbocycles. The molecule has 0 heterocycles. The fourth-order valence-corrected chi connectivity index (χ4v) is 2.35. The second-order valence-corrected chi connectivity index (χ2v) is 5.25. The highest BCUT2D eigenvalue weighted by Gasteiger charge is 1.96. The Morgan fingerprint density at radius 1 is 0.833 bits per heavy atom. The summed E-state index contributed by atoms with van der Waals surface area (Å²) in [6.45, 7) is 2.27. The quantitative estimate of drug-likeness (QED) is 0.545. The van der Waals surface area contributed by atoms with Gasteiger partial charge in [0.2, 0.25) is 0 Å². The summed E-state index contributed by atoms with van der Waals surface area (Å²) in [5, 5.41) is 9.36. The fraction of sp³-hybridized carbons (Fsp3) is 0.647. The first kappa shape index (κ1) is 15.1. The lowest BCUT2D eigenvalue weighted by atomic mass is 10.0. The summed E-state index contributed by atoms with van der Waals surface area (Å²) >= 11 is 0. The van der Waals surface area contributed by atoms with Crippen LogP contribution in [0, 0.1) is 0 Å². The molecule has 1 N–H and O–H groups in total. The van der Waals surface area contributed by atoms with Gasteiger partial charge in [0.05, 0.1) is 0 Å². The summed E-state index contributed by atoms with van der Waals surface area (Å²) in [5.74, 6) is 0.392. The van der Waals surface area contributed by atoms with E-state index in [-0.39, 0.29) is 0 Å². The van der Waals surface area contributed by atoms with Gasteiger partial charge in [0, 0.05) is 0 Å². The van der Waals surface area contributed by atoms with Gasteiger partial charge in [-0.3, -0.25) is 0 Å².